The van der Waals surface area contributed by atoms with E-state index in [-0.39, 0.29) is 12.5 Å². The van der Waals surface area contributed by atoms with Crippen molar-refractivity contribution in [3.8, 4) is 5.82 Å². The summed E-state index contributed by atoms with van der Waals surface area (Å²) >= 11 is 0. The lowest BCUT2D eigenvalue weighted by Crippen LogP contribution is -2.24. The van der Waals surface area contributed by atoms with Crippen LogP contribution < -0.4 is 5.32 Å². The SMILES string of the molecule is O=C(NCCCCCCO)c1ccc(-n2ccnc2)nc1. The van der Waals surface area contributed by atoms with Crippen molar-refractivity contribution in [3.63, 3.8) is 0 Å². The molecule has 21 heavy (non-hydrogen) atoms. The van der Waals surface area contributed by atoms with Gasteiger partial charge in [0.2, 0.25) is 0 Å². The van der Waals surface area contributed by atoms with Crippen LogP contribution >= 0.6 is 0 Å². The van der Waals surface area contributed by atoms with E-state index in [4.69, 9.17) is 5.11 Å². The Morgan fingerprint density at radius 1 is 1.24 bits per heavy atom. The second kappa shape index (κ2) is 8.16. The zero-order chi connectivity index (χ0) is 14.9. The second-order valence-electron chi connectivity index (χ2n) is 4.77. The normalized spacial score (nSPS) is 10.5. The van der Waals surface area contributed by atoms with Crippen LogP contribution in [0.4, 0.5) is 0 Å². The van der Waals surface area contributed by atoms with E-state index in [1.807, 2.05) is 0 Å². The predicted molar refractivity (Wildman–Crippen MR) is 79.2 cm³/mol. The molecule has 0 spiro atoms. The molecule has 2 heterocycles. The molecule has 0 aliphatic heterocycles. The number of hydrogen-bond acceptors (Lipinski definition) is 4. The van der Waals surface area contributed by atoms with Crippen LogP contribution in [0.5, 0.6) is 0 Å². The highest BCUT2D eigenvalue weighted by molar-refractivity contribution is 5.93. The number of aliphatic hydroxyl groups is 1. The smallest absolute Gasteiger partial charge is 0.252 e. The summed E-state index contributed by atoms with van der Waals surface area (Å²) in [6.07, 6.45) is 10.5. The molecule has 0 saturated heterocycles. The van der Waals surface area contributed by atoms with Gasteiger partial charge in [0, 0.05) is 31.7 Å². The Kier molecular flexibility index (Phi) is 5.90. The van der Waals surface area contributed by atoms with Crippen molar-refractivity contribution in [2.75, 3.05) is 13.2 Å². The number of aliphatic hydroxyl groups excluding tert-OH is 1. The molecule has 0 saturated carbocycles. The number of hydrogen-bond donors (Lipinski definition) is 2. The first-order valence-corrected chi connectivity index (χ1v) is 7.14. The third-order valence-electron chi connectivity index (χ3n) is 3.15. The summed E-state index contributed by atoms with van der Waals surface area (Å²) in [5, 5.41) is 11.5. The lowest BCUT2D eigenvalue weighted by molar-refractivity contribution is 0.0952. The van der Waals surface area contributed by atoms with Crippen LogP contribution in [0.15, 0.2) is 37.1 Å². The van der Waals surface area contributed by atoms with Crippen LogP contribution in [0, 0.1) is 0 Å². The minimum absolute atomic E-state index is 0.109. The standard InChI is InChI=1S/C15H20N4O2/c20-10-4-2-1-3-7-17-15(21)13-5-6-14(18-11-13)19-9-8-16-12-19/h5-6,8-9,11-12,20H,1-4,7,10H2,(H,17,21). The van der Waals surface area contributed by atoms with Gasteiger partial charge < -0.3 is 10.4 Å². The Morgan fingerprint density at radius 3 is 2.76 bits per heavy atom. The van der Waals surface area contributed by atoms with Gasteiger partial charge in [-0.05, 0) is 25.0 Å². The average Bonchev–Trinajstić information content (AvgIpc) is 3.05. The van der Waals surface area contributed by atoms with E-state index in [0.717, 1.165) is 31.5 Å². The minimum atomic E-state index is -0.109. The molecule has 0 aliphatic carbocycles. The third kappa shape index (κ3) is 4.68. The first-order valence-electron chi connectivity index (χ1n) is 7.14. The summed E-state index contributed by atoms with van der Waals surface area (Å²) in [5.74, 6) is 0.620. The molecule has 0 radical (unpaired) electrons. The van der Waals surface area contributed by atoms with E-state index in [9.17, 15) is 4.79 Å². The molecule has 0 bridgehead atoms. The number of imidazole rings is 1. The maximum absolute atomic E-state index is 11.9. The zero-order valence-corrected chi connectivity index (χ0v) is 11.9. The highest BCUT2D eigenvalue weighted by Gasteiger charge is 2.06. The molecule has 6 heteroatoms. The van der Waals surface area contributed by atoms with Crippen LogP contribution in [-0.2, 0) is 0 Å². The van der Waals surface area contributed by atoms with Crippen molar-refractivity contribution in [1.82, 2.24) is 19.9 Å². The second-order valence-corrected chi connectivity index (χ2v) is 4.77. The molecule has 1 amide bonds. The van der Waals surface area contributed by atoms with Crippen molar-refractivity contribution in [2.45, 2.75) is 25.7 Å². The Labute approximate surface area is 123 Å². The van der Waals surface area contributed by atoms with Gasteiger partial charge in [-0.15, -0.1) is 0 Å². The Balaban J connectivity index is 1.78. The van der Waals surface area contributed by atoms with Crippen LogP contribution in [0.2, 0.25) is 0 Å². The lowest BCUT2D eigenvalue weighted by Gasteiger charge is -2.06. The van der Waals surface area contributed by atoms with Crippen molar-refractivity contribution in [2.24, 2.45) is 0 Å². The average molecular weight is 288 g/mol. The van der Waals surface area contributed by atoms with E-state index in [0.29, 0.717) is 12.1 Å². The molecule has 0 atom stereocenters. The molecule has 2 rings (SSSR count). The summed E-state index contributed by atoms with van der Waals surface area (Å²) in [7, 11) is 0. The highest BCUT2D eigenvalue weighted by atomic mass is 16.2. The zero-order valence-electron chi connectivity index (χ0n) is 11.9. The van der Waals surface area contributed by atoms with E-state index < -0.39 is 0 Å². The van der Waals surface area contributed by atoms with Gasteiger partial charge in [0.1, 0.15) is 12.1 Å². The summed E-state index contributed by atoms with van der Waals surface area (Å²) in [6.45, 7) is 0.884. The first-order chi connectivity index (χ1) is 10.3. The summed E-state index contributed by atoms with van der Waals surface area (Å²) in [6, 6.07) is 3.54. The Bertz CT molecular complexity index is 537. The molecular weight excluding hydrogens is 268 g/mol. The van der Waals surface area contributed by atoms with Crippen LogP contribution in [-0.4, -0.2) is 38.7 Å². The predicted octanol–water partition coefficient (Wildman–Crippen LogP) is 1.55. The molecule has 0 unspecified atom stereocenters. The fraction of sp³-hybridized carbons (Fsp3) is 0.400. The van der Waals surface area contributed by atoms with Gasteiger partial charge >= 0.3 is 0 Å². The molecule has 2 N–H and O–H groups in total. The van der Waals surface area contributed by atoms with Gasteiger partial charge in [0.05, 0.1) is 5.56 Å². The number of nitrogens with one attached hydrogen (secondary N) is 1. The van der Waals surface area contributed by atoms with Gasteiger partial charge in [0.25, 0.3) is 5.91 Å². The molecule has 0 aromatic carbocycles. The monoisotopic (exact) mass is 288 g/mol. The summed E-state index contributed by atoms with van der Waals surface area (Å²) in [4.78, 5) is 20.1. The third-order valence-corrected chi connectivity index (χ3v) is 3.15. The van der Waals surface area contributed by atoms with E-state index in [2.05, 4.69) is 15.3 Å². The first kappa shape index (κ1) is 15.2. The largest absolute Gasteiger partial charge is 0.396 e. The minimum Gasteiger partial charge on any atom is -0.396 e. The quantitative estimate of drug-likeness (QED) is 0.722. The van der Waals surface area contributed by atoms with Gasteiger partial charge in [-0.3, -0.25) is 9.36 Å². The van der Waals surface area contributed by atoms with Gasteiger partial charge in [-0.1, -0.05) is 12.8 Å². The number of aromatic nitrogens is 3. The fourth-order valence-corrected chi connectivity index (χ4v) is 1.96. The van der Waals surface area contributed by atoms with Gasteiger partial charge in [-0.2, -0.15) is 0 Å². The molecular formula is C15H20N4O2. The lowest BCUT2D eigenvalue weighted by atomic mass is 10.2. The number of rotatable bonds is 8. The maximum atomic E-state index is 11.9. The molecule has 2 aromatic rings. The highest BCUT2D eigenvalue weighted by Crippen LogP contribution is 2.05. The molecule has 112 valence electrons. The van der Waals surface area contributed by atoms with Crippen molar-refractivity contribution >= 4 is 5.91 Å². The van der Waals surface area contributed by atoms with E-state index >= 15 is 0 Å². The van der Waals surface area contributed by atoms with E-state index in [1.54, 1.807) is 41.6 Å². The van der Waals surface area contributed by atoms with Crippen LogP contribution in [0.1, 0.15) is 36.0 Å². The maximum Gasteiger partial charge on any atom is 0.252 e. The van der Waals surface area contributed by atoms with Crippen molar-refractivity contribution < 1.29 is 9.90 Å². The summed E-state index contributed by atoms with van der Waals surface area (Å²) < 4.78 is 1.78. The van der Waals surface area contributed by atoms with Gasteiger partial charge in [-0.25, -0.2) is 9.97 Å². The number of carbonyl (C=O) groups is 1. The molecule has 0 fully saturated rings. The topological polar surface area (TPSA) is 80.0 Å². The molecule has 2 aromatic heterocycles. The number of pyridine rings is 1. The molecule has 6 nitrogen and oxygen atoms in total. The van der Waals surface area contributed by atoms with Crippen LogP contribution in [0.3, 0.4) is 0 Å². The number of carbonyl (C=O) groups excluding carboxylic acids is 1. The number of nitrogens with zero attached hydrogens (tertiary/aromatic N) is 3. The molecule has 0 aliphatic rings. The van der Waals surface area contributed by atoms with Crippen molar-refractivity contribution in [3.05, 3.63) is 42.6 Å². The van der Waals surface area contributed by atoms with Gasteiger partial charge in [0.15, 0.2) is 0 Å². The van der Waals surface area contributed by atoms with Crippen molar-refractivity contribution in [1.29, 1.82) is 0 Å². The van der Waals surface area contributed by atoms with Crippen LogP contribution in [0.25, 0.3) is 5.82 Å². The number of amides is 1. The Hall–Kier alpha value is -2.21. The Morgan fingerprint density at radius 2 is 2.10 bits per heavy atom. The summed E-state index contributed by atoms with van der Waals surface area (Å²) in [5.41, 5.74) is 0.550. The van der Waals surface area contributed by atoms with E-state index in [1.165, 1.54) is 0 Å². The fourth-order valence-electron chi connectivity index (χ4n) is 1.96. The number of unbranched alkanes of at least 4 members (excludes halogenated alkanes) is 3.